The molecule has 4 rings (SSSR count). The van der Waals surface area contributed by atoms with E-state index in [1.165, 1.54) is 43.4 Å². The van der Waals surface area contributed by atoms with E-state index in [-0.39, 0.29) is 5.41 Å². The highest BCUT2D eigenvalue weighted by Crippen LogP contribution is 2.48. The van der Waals surface area contributed by atoms with Crippen molar-refractivity contribution in [2.45, 2.75) is 32.6 Å². The van der Waals surface area contributed by atoms with Crippen molar-refractivity contribution in [3.8, 4) is 22.3 Å². The van der Waals surface area contributed by atoms with Crippen LogP contribution in [-0.4, -0.2) is 0 Å². The molecule has 0 nitrogen and oxygen atoms in total. The first-order chi connectivity index (χ1) is 11.9. The second-order valence-corrected chi connectivity index (χ2v) is 9.44. The minimum atomic E-state index is 0.0789. The third kappa shape index (κ3) is 2.90. The molecule has 0 aliphatic heterocycles. The summed E-state index contributed by atoms with van der Waals surface area (Å²) in [6, 6.07) is 19.8. The quantitative estimate of drug-likeness (QED) is 0.275. The molecule has 126 valence electrons. The average molecular weight is 456 g/mol. The molecule has 0 spiro atoms. The zero-order chi connectivity index (χ0) is 17.8. The maximum Gasteiger partial charge on any atom is 0.0294 e. The van der Waals surface area contributed by atoms with Crippen LogP contribution in [0.5, 0.6) is 0 Å². The summed E-state index contributed by atoms with van der Waals surface area (Å²) in [5.74, 6) is 0. The molecular formula is C23H20Br2. The molecular weight excluding hydrogens is 436 g/mol. The topological polar surface area (TPSA) is 0 Å². The molecule has 0 heterocycles. The van der Waals surface area contributed by atoms with Gasteiger partial charge in [0.2, 0.25) is 0 Å². The molecule has 1 aliphatic rings. The number of halogens is 2. The Morgan fingerprint density at radius 1 is 0.840 bits per heavy atom. The number of benzene rings is 3. The normalized spacial score (nSPS) is 12.8. The first-order valence-corrected chi connectivity index (χ1v) is 10.1. The van der Waals surface area contributed by atoms with E-state index in [0.717, 1.165) is 10.9 Å². The van der Waals surface area contributed by atoms with Crippen molar-refractivity contribution in [2.75, 3.05) is 0 Å². The van der Waals surface area contributed by atoms with Gasteiger partial charge in [0.25, 0.3) is 0 Å². The smallest absolute Gasteiger partial charge is 0.0294 e. The van der Waals surface area contributed by atoms with E-state index >= 15 is 0 Å². The summed E-state index contributed by atoms with van der Waals surface area (Å²) in [4.78, 5) is 0. The van der Waals surface area contributed by atoms with Crippen LogP contribution in [-0.2, 0) is 11.8 Å². The van der Waals surface area contributed by atoms with Gasteiger partial charge in [0, 0.05) is 14.5 Å². The van der Waals surface area contributed by atoms with Crippen LogP contribution < -0.4 is 0 Å². The zero-order valence-corrected chi connectivity index (χ0v) is 17.8. The SMILES string of the molecule is CC(C)(C)c1cc2c(c(-c3ccccc3)c1Br)Cc1cc(Br)ccc1-2. The van der Waals surface area contributed by atoms with Crippen LogP contribution in [0.15, 0.2) is 63.5 Å². The fourth-order valence-corrected chi connectivity index (χ4v) is 5.32. The van der Waals surface area contributed by atoms with Crippen molar-refractivity contribution in [1.29, 1.82) is 0 Å². The minimum Gasteiger partial charge on any atom is -0.0622 e. The maximum absolute atomic E-state index is 3.96. The van der Waals surface area contributed by atoms with E-state index < -0.39 is 0 Å². The van der Waals surface area contributed by atoms with E-state index in [1.807, 2.05) is 0 Å². The van der Waals surface area contributed by atoms with Gasteiger partial charge >= 0.3 is 0 Å². The molecule has 0 aromatic heterocycles. The predicted molar refractivity (Wildman–Crippen MR) is 114 cm³/mol. The molecule has 3 aromatic rings. The van der Waals surface area contributed by atoms with Crippen molar-refractivity contribution in [2.24, 2.45) is 0 Å². The molecule has 1 aliphatic carbocycles. The van der Waals surface area contributed by atoms with Gasteiger partial charge in [0.1, 0.15) is 0 Å². The van der Waals surface area contributed by atoms with Crippen molar-refractivity contribution in [3.05, 3.63) is 80.2 Å². The van der Waals surface area contributed by atoms with Crippen LogP contribution in [0.25, 0.3) is 22.3 Å². The summed E-state index contributed by atoms with van der Waals surface area (Å²) < 4.78 is 2.38. The van der Waals surface area contributed by atoms with Crippen LogP contribution in [0.1, 0.15) is 37.5 Å². The van der Waals surface area contributed by atoms with Crippen molar-refractivity contribution >= 4 is 31.9 Å². The highest BCUT2D eigenvalue weighted by atomic mass is 79.9. The summed E-state index contributed by atoms with van der Waals surface area (Å²) in [6.07, 6.45) is 0.983. The lowest BCUT2D eigenvalue weighted by Crippen LogP contribution is -2.13. The predicted octanol–water partition coefficient (Wildman–Crippen LogP) is 7.75. The van der Waals surface area contributed by atoms with Crippen molar-refractivity contribution in [1.82, 2.24) is 0 Å². The Morgan fingerprint density at radius 2 is 1.56 bits per heavy atom. The molecule has 0 atom stereocenters. The van der Waals surface area contributed by atoms with Crippen LogP contribution >= 0.6 is 31.9 Å². The number of rotatable bonds is 1. The Morgan fingerprint density at radius 3 is 2.24 bits per heavy atom. The number of hydrogen-bond acceptors (Lipinski definition) is 0. The third-order valence-electron chi connectivity index (χ3n) is 4.97. The molecule has 0 saturated heterocycles. The molecule has 0 bridgehead atoms. The van der Waals surface area contributed by atoms with Gasteiger partial charge in [-0.15, -0.1) is 0 Å². The second kappa shape index (κ2) is 6.10. The molecule has 0 radical (unpaired) electrons. The van der Waals surface area contributed by atoms with Crippen LogP contribution in [0.2, 0.25) is 0 Å². The Bertz CT molecular complexity index is 964. The lowest BCUT2D eigenvalue weighted by atomic mass is 9.82. The van der Waals surface area contributed by atoms with E-state index in [2.05, 4.69) is 107 Å². The fourth-order valence-electron chi connectivity index (χ4n) is 3.73. The van der Waals surface area contributed by atoms with Gasteiger partial charge in [-0.1, -0.05) is 73.1 Å². The van der Waals surface area contributed by atoms with E-state index in [9.17, 15) is 0 Å². The average Bonchev–Trinajstić information content (AvgIpc) is 2.90. The summed E-state index contributed by atoms with van der Waals surface area (Å²) in [6.45, 7) is 6.85. The van der Waals surface area contributed by atoms with E-state index in [0.29, 0.717) is 0 Å². The fraction of sp³-hybridized carbons (Fsp3) is 0.217. The van der Waals surface area contributed by atoms with Crippen molar-refractivity contribution < 1.29 is 0 Å². The van der Waals surface area contributed by atoms with Crippen LogP contribution in [0, 0.1) is 0 Å². The van der Waals surface area contributed by atoms with Gasteiger partial charge in [-0.2, -0.15) is 0 Å². The monoisotopic (exact) mass is 454 g/mol. The molecule has 25 heavy (non-hydrogen) atoms. The molecule has 2 heteroatoms. The Kier molecular flexibility index (Phi) is 4.16. The summed E-state index contributed by atoms with van der Waals surface area (Å²) in [5.41, 5.74) is 9.65. The summed E-state index contributed by atoms with van der Waals surface area (Å²) in [7, 11) is 0. The standard InChI is InChI=1S/C23H20Br2/c1-23(2,3)20-13-18-17-10-9-16(24)11-15(17)12-19(18)21(22(20)25)14-7-5-4-6-8-14/h4-11,13H,12H2,1-3H3. The first kappa shape index (κ1) is 17.1. The molecule has 0 N–H and O–H groups in total. The van der Waals surface area contributed by atoms with Gasteiger partial charge in [-0.05, 0) is 79.3 Å². The Labute approximate surface area is 166 Å². The maximum atomic E-state index is 3.96. The largest absolute Gasteiger partial charge is 0.0622 e. The van der Waals surface area contributed by atoms with Gasteiger partial charge in [-0.25, -0.2) is 0 Å². The Balaban J connectivity index is 2.06. The van der Waals surface area contributed by atoms with Gasteiger partial charge in [0.15, 0.2) is 0 Å². The van der Waals surface area contributed by atoms with Crippen molar-refractivity contribution in [3.63, 3.8) is 0 Å². The van der Waals surface area contributed by atoms with Crippen LogP contribution in [0.3, 0.4) is 0 Å². The van der Waals surface area contributed by atoms with Gasteiger partial charge < -0.3 is 0 Å². The van der Waals surface area contributed by atoms with E-state index in [1.54, 1.807) is 0 Å². The number of hydrogen-bond donors (Lipinski definition) is 0. The first-order valence-electron chi connectivity index (χ1n) is 8.56. The molecule has 0 saturated carbocycles. The van der Waals surface area contributed by atoms with Crippen LogP contribution in [0.4, 0.5) is 0 Å². The molecule has 3 aromatic carbocycles. The van der Waals surface area contributed by atoms with Gasteiger partial charge in [-0.3, -0.25) is 0 Å². The second-order valence-electron chi connectivity index (χ2n) is 7.73. The highest BCUT2D eigenvalue weighted by Gasteiger charge is 2.29. The summed E-state index contributed by atoms with van der Waals surface area (Å²) in [5, 5.41) is 0. The zero-order valence-electron chi connectivity index (χ0n) is 14.7. The third-order valence-corrected chi connectivity index (χ3v) is 6.28. The lowest BCUT2D eigenvalue weighted by molar-refractivity contribution is 0.587. The molecule has 0 fully saturated rings. The molecule has 0 amide bonds. The lowest BCUT2D eigenvalue weighted by Gasteiger charge is -2.25. The van der Waals surface area contributed by atoms with E-state index in [4.69, 9.17) is 0 Å². The number of fused-ring (bicyclic) bond motifs is 3. The summed E-state index contributed by atoms with van der Waals surface area (Å²) >= 11 is 7.58. The highest BCUT2D eigenvalue weighted by molar-refractivity contribution is 9.10. The molecule has 0 unspecified atom stereocenters. The Hall–Kier alpha value is -1.38. The minimum absolute atomic E-state index is 0.0789. The van der Waals surface area contributed by atoms with Gasteiger partial charge in [0.05, 0.1) is 0 Å².